The highest BCUT2D eigenvalue weighted by Gasteiger charge is 2.23. The van der Waals surface area contributed by atoms with Crippen LogP contribution in [0, 0.1) is 0 Å². The standard InChI is InChI=1S/C12H14O3/c13-10-5-3-8-1-2-9(11(8)7-10)4-6-12(14)15/h3,5,7,9,13H,1-2,4,6H2,(H,14,15). The van der Waals surface area contributed by atoms with Crippen LogP contribution >= 0.6 is 0 Å². The minimum atomic E-state index is -0.747. The molecule has 0 spiro atoms. The lowest BCUT2D eigenvalue weighted by Gasteiger charge is -2.09. The van der Waals surface area contributed by atoms with Crippen molar-refractivity contribution >= 4 is 5.97 Å². The molecule has 2 N–H and O–H groups in total. The topological polar surface area (TPSA) is 57.5 Å². The first-order chi connectivity index (χ1) is 7.16. The van der Waals surface area contributed by atoms with Crippen molar-refractivity contribution in [3.63, 3.8) is 0 Å². The zero-order valence-electron chi connectivity index (χ0n) is 8.44. The number of aliphatic carboxylic acids is 1. The van der Waals surface area contributed by atoms with Crippen molar-refractivity contribution in [3.8, 4) is 5.75 Å². The number of aryl methyl sites for hydroxylation is 1. The van der Waals surface area contributed by atoms with Gasteiger partial charge in [0.15, 0.2) is 0 Å². The Morgan fingerprint density at radius 1 is 1.47 bits per heavy atom. The molecule has 3 heteroatoms. The van der Waals surface area contributed by atoms with E-state index in [2.05, 4.69) is 0 Å². The van der Waals surface area contributed by atoms with Crippen LogP contribution in [0.2, 0.25) is 0 Å². The maximum absolute atomic E-state index is 10.5. The first-order valence-electron chi connectivity index (χ1n) is 5.20. The summed E-state index contributed by atoms with van der Waals surface area (Å²) in [5.41, 5.74) is 2.39. The number of carboxylic acids is 1. The highest BCUT2D eigenvalue weighted by molar-refractivity contribution is 5.66. The van der Waals surface area contributed by atoms with E-state index in [0.717, 1.165) is 18.4 Å². The second-order valence-corrected chi connectivity index (χ2v) is 4.05. The van der Waals surface area contributed by atoms with E-state index in [0.29, 0.717) is 12.3 Å². The molecular weight excluding hydrogens is 192 g/mol. The zero-order chi connectivity index (χ0) is 10.8. The van der Waals surface area contributed by atoms with Gasteiger partial charge in [0, 0.05) is 6.42 Å². The molecule has 2 rings (SSSR count). The highest BCUT2D eigenvalue weighted by Crippen LogP contribution is 2.37. The van der Waals surface area contributed by atoms with Crippen molar-refractivity contribution in [2.24, 2.45) is 0 Å². The number of phenolic OH excluding ortho intramolecular Hbond substituents is 1. The Balaban J connectivity index is 2.13. The van der Waals surface area contributed by atoms with Gasteiger partial charge in [-0.3, -0.25) is 4.79 Å². The van der Waals surface area contributed by atoms with E-state index in [1.807, 2.05) is 6.07 Å². The summed E-state index contributed by atoms with van der Waals surface area (Å²) in [5, 5.41) is 18.0. The Morgan fingerprint density at radius 3 is 3.00 bits per heavy atom. The van der Waals surface area contributed by atoms with Gasteiger partial charge < -0.3 is 10.2 Å². The van der Waals surface area contributed by atoms with Gasteiger partial charge in [-0.05, 0) is 48.4 Å². The molecule has 3 nitrogen and oxygen atoms in total. The third-order valence-electron chi connectivity index (χ3n) is 3.04. The van der Waals surface area contributed by atoms with Crippen LogP contribution in [-0.4, -0.2) is 16.2 Å². The van der Waals surface area contributed by atoms with E-state index in [1.165, 1.54) is 5.56 Å². The molecule has 0 aliphatic heterocycles. The van der Waals surface area contributed by atoms with Crippen LogP contribution in [0.3, 0.4) is 0 Å². The molecule has 1 aromatic rings. The molecular formula is C12H14O3. The maximum Gasteiger partial charge on any atom is 0.303 e. The lowest BCUT2D eigenvalue weighted by atomic mass is 9.96. The fourth-order valence-electron chi connectivity index (χ4n) is 2.27. The SMILES string of the molecule is O=C(O)CCC1CCc2ccc(O)cc21. The lowest BCUT2D eigenvalue weighted by Crippen LogP contribution is -2.00. The van der Waals surface area contributed by atoms with Crippen molar-refractivity contribution < 1.29 is 15.0 Å². The summed E-state index contributed by atoms with van der Waals surface area (Å²) in [6, 6.07) is 5.40. The average Bonchev–Trinajstić information content (AvgIpc) is 2.57. The van der Waals surface area contributed by atoms with Crippen LogP contribution in [0.15, 0.2) is 18.2 Å². The number of aromatic hydroxyl groups is 1. The molecule has 0 bridgehead atoms. The number of phenols is 1. The molecule has 1 aromatic carbocycles. The van der Waals surface area contributed by atoms with Crippen LogP contribution < -0.4 is 0 Å². The van der Waals surface area contributed by atoms with Crippen LogP contribution in [-0.2, 0) is 11.2 Å². The molecule has 0 fully saturated rings. The second kappa shape index (κ2) is 3.93. The Labute approximate surface area is 88.4 Å². The van der Waals surface area contributed by atoms with Crippen molar-refractivity contribution in [1.29, 1.82) is 0 Å². The van der Waals surface area contributed by atoms with Crippen LogP contribution in [0.1, 0.15) is 36.3 Å². The largest absolute Gasteiger partial charge is 0.508 e. The number of fused-ring (bicyclic) bond motifs is 1. The minimum absolute atomic E-state index is 0.208. The van der Waals surface area contributed by atoms with E-state index in [9.17, 15) is 9.90 Å². The molecule has 0 radical (unpaired) electrons. The molecule has 1 unspecified atom stereocenters. The first kappa shape index (κ1) is 10.0. The summed E-state index contributed by atoms with van der Waals surface area (Å²) < 4.78 is 0. The molecule has 1 aliphatic rings. The minimum Gasteiger partial charge on any atom is -0.508 e. The Morgan fingerprint density at radius 2 is 2.27 bits per heavy atom. The third-order valence-corrected chi connectivity index (χ3v) is 3.04. The number of carboxylic acid groups (broad SMARTS) is 1. The van der Waals surface area contributed by atoms with E-state index in [4.69, 9.17) is 5.11 Å². The number of hydrogen-bond acceptors (Lipinski definition) is 2. The normalized spacial score (nSPS) is 18.8. The number of rotatable bonds is 3. The average molecular weight is 206 g/mol. The van der Waals surface area contributed by atoms with Gasteiger partial charge in [0.25, 0.3) is 0 Å². The van der Waals surface area contributed by atoms with Gasteiger partial charge in [0.2, 0.25) is 0 Å². The Kier molecular flexibility index (Phi) is 2.62. The molecule has 0 aromatic heterocycles. The number of hydrogen-bond donors (Lipinski definition) is 2. The highest BCUT2D eigenvalue weighted by atomic mass is 16.4. The maximum atomic E-state index is 10.5. The number of benzene rings is 1. The third kappa shape index (κ3) is 2.12. The smallest absolute Gasteiger partial charge is 0.303 e. The van der Waals surface area contributed by atoms with Gasteiger partial charge in [0.1, 0.15) is 5.75 Å². The van der Waals surface area contributed by atoms with E-state index in [1.54, 1.807) is 12.1 Å². The predicted molar refractivity (Wildman–Crippen MR) is 56.0 cm³/mol. The summed E-state index contributed by atoms with van der Waals surface area (Å²) >= 11 is 0. The molecule has 15 heavy (non-hydrogen) atoms. The number of carbonyl (C=O) groups is 1. The molecule has 0 saturated carbocycles. The van der Waals surface area contributed by atoms with Gasteiger partial charge in [-0.2, -0.15) is 0 Å². The van der Waals surface area contributed by atoms with Crippen molar-refractivity contribution in [2.75, 3.05) is 0 Å². The molecule has 1 aliphatic carbocycles. The molecule has 1 atom stereocenters. The van der Waals surface area contributed by atoms with Gasteiger partial charge in [-0.25, -0.2) is 0 Å². The van der Waals surface area contributed by atoms with E-state index < -0.39 is 5.97 Å². The molecule has 0 amide bonds. The fraction of sp³-hybridized carbons (Fsp3) is 0.417. The second-order valence-electron chi connectivity index (χ2n) is 4.05. The summed E-state index contributed by atoms with van der Waals surface area (Å²) in [4.78, 5) is 10.5. The van der Waals surface area contributed by atoms with Gasteiger partial charge >= 0.3 is 5.97 Å². The van der Waals surface area contributed by atoms with Crippen molar-refractivity contribution in [1.82, 2.24) is 0 Å². The molecule has 0 heterocycles. The van der Waals surface area contributed by atoms with Gasteiger partial charge in [-0.15, -0.1) is 0 Å². The predicted octanol–water partition coefficient (Wildman–Crippen LogP) is 2.29. The van der Waals surface area contributed by atoms with E-state index in [-0.39, 0.29) is 12.2 Å². The fourth-order valence-corrected chi connectivity index (χ4v) is 2.27. The van der Waals surface area contributed by atoms with Crippen LogP contribution in [0.4, 0.5) is 0 Å². The van der Waals surface area contributed by atoms with Gasteiger partial charge in [-0.1, -0.05) is 6.07 Å². The van der Waals surface area contributed by atoms with Gasteiger partial charge in [0.05, 0.1) is 0 Å². The summed E-state index contributed by atoms with van der Waals surface area (Å²) in [6.45, 7) is 0. The molecule has 80 valence electrons. The Hall–Kier alpha value is -1.51. The monoisotopic (exact) mass is 206 g/mol. The van der Waals surface area contributed by atoms with E-state index >= 15 is 0 Å². The zero-order valence-corrected chi connectivity index (χ0v) is 8.44. The lowest BCUT2D eigenvalue weighted by molar-refractivity contribution is -0.137. The van der Waals surface area contributed by atoms with Crippen molar-refractivity contribution in [3.05, 3.63) is 29.3 Å². The summed E-state index contributed by atoms with van der Waals surface area (Å²) in [7, 11) is 0. The molecule has 0 saturated heterocycles. The summed E-state index contributed by atoms with van der Waals surface area (Å²) in [6.07, 6.45) is 2.89. The first-order valence-corrected chi connectivity index (χ1v) is 5.20. The Bertz CT molecular complexity index is 384. The van der Waals surface area contributed by atoms with Crippen LogP contribution in [0.5, 0.6) is 5.75 Å². The van der Waals surface area contributed by atoms with Crippen LogP contribution in [0.25, 0.3) is 0 Å². The van der Waals surface area contributed by atoms with Crippen molar-refractivity contribution in [2.45, 2.75) is 31.6 Å². The quantitative estimate of drug-likeness (QED) is 0.797. The summed E-state index contributed by atoms with van der Waals surface area (Å²) in [5.74, 6) is -0.164.